The van der Waals surface area contributed by atoms with Crippen molar-refractivity contribution in [1.29, 1.82) is 0 Å². The van der Waals surface area contributed by atoms with E-state index in [9.17, 15) is 4.79 Å². The van der Waals surface area contributed by atoms with Crippen LogP contribution in [0.2, 0.25) is 5.02 Å². The van der Waals surface area contributed by atoms with E-state index in [1.54, 1.807) is 4.90 Å². The predicted octanol–water partition coefficient (Wildman–Crippen LogP) is 7.66. The van der Waals surface area contributed by atoms with Crippen LogP contribution in [0.4, 0.5) is 5.69 Å². The monoisotopic (exact) mass is 502 g/mol. The molecule has 0 atom stereocenters. The summed E-state index contributed by atoms with van der Waals surface area (Å²) in [6, 6.07) is 38.0. The first-order valence-electron chi connectivity index (χ1n) is 12.1. The van der Waals surface area contributed by atoms with Crippen molar-refractivity contribution >= 4 is 23.2 Å². The van der Waals surface area contributed by atoms with Crippen LogP contribution in [0, 0.1) is 0 Å². The lowest BCUT2D eigenvalue weighted by atomic mass is 9.99. The highest BCUT2D eigenvalue weighted by Crippen LogP contribution is 2.38. The maximum atomic E-state index is 12.9. The summed E-state index contributed by atoms with van der Waals surface area (Å²) in [5.74, 6) is 0.623. The molecule has 6 rings (SSSR count). The highest BCUT2D eigenvalue weighted by atomic mass is 35.5. The molecule has 2 heterocycles. The Balaban J connectivity index is 1.46. The molecular formula is C32H23ClN2O2. The zero-order valence-electron chi connectivity index (χ0n) is 20.0. The van der Waals surface area contributed by atoms with Gasteiger partial charge in [0.05, 0.1) is 23.6 Å². The van der Waals surface area contributed by atoms with Crippen molar-refractivity contribution in [3.63, 3.8) is 0 Å². The van der Waals surface area contributed by atoms with Crippen molar-refractivity contribution in [2.45, 2.75) is 6.54 Å². The summed E-state index contributed by atoms with van der Waals surface area (Å²) < 4.78 is 5.77. The molecule has 5 aromatic rings. The first kappa shape index (κ1) is 23.0. The fourth-order valence-corrected chi connectivity index (χ4v) is 4.67. The molecule has 0 radical (unpaired) electrons. The van der Waals surface area contributed by atoms with Crippen LogP contribution in [-0.4, -0.2) is 17.5 Å². The molecular weight excluding hydrogens is 480 g/mol. The van der Waals surface area contributed by atoms with Crippen LogP contribution in [0.1, 0.15) is 5.56 Å². The SMILES string of the molecule is O=C1COc2ccc(-c3cc(-c4ccccc4)cc(-c4ccc(Cl)cc4)n3)cc2N1Cc1ccccc1. The van der Waals surface area contributed by atoms with E-state index in [1.807, 2.05) is 91.0 Å². The van der Waals surface area contributed by atoms with Crippen LogP contribution >= 0.6 is 11.6 Å². The van der Waals surface area contributed by atoms with E-state index in [0.717, 1.165) is 44.9 Å². The molecule has 0 saturated heterocycles. The van der Waals surface area contributed by atoms with E-state index in [2.05, 4.69) is 24.3 Å². The standard InChI is InChI=1S/C32H23ClN2O2/c33-27-14-11-24(12-15-27)28-17-26(23-9-5-2-6-10-23)18-29(34-28)25-13-16-31-30(19-25)35(32(36)21-37-31)20-22-7-3-1-4-8-22/h1-19H,20-21H2. The number of hydrogen-bond donors (Lipinski definition) is 0. The Morgan fingerprint density at radius 3 is 2.08 bits per heavy atom. The largest absolute Gasteiger partial charge is 0.482 e. The Bertz CT molecular complexity index is 1570. The summed E-state index contributed by atoms with van der Waals surface area (Å²) in [5, 5.41) is 0.682. The number of nitrogens with zero attached hydrogens (tertiary/aromatic N) is 2. The Kier molecular flexibility index (Phi) is 6.17. The third-order valence-corrected chi connectivity index (χ3v) is 6.71. The molecule has 0 aliphatic carbocycles. The number of amides is 1. The van der Waals surface area contributed by atoms with Gasteiger partial charge in [-0.1, -0.05) is 84.4 Å². The maximum Gasteiger partial charge on any atom is 0.265 e. The smallest absolute Gasteiger partial charge is 0.265 e. The number of anilines is 1. The van der Waals surface area contributed by atoms with Crippen molar-refractivity contribution in [1.82, 2.24) is 4.98 Å². The zero-order chi connectivity index (χ0) is 25.2. The molecule has 0 fully saturated rings. The van der Waals surface area contributed by atoms with Gasteiger partial charge < -0.3 is 9.64 Å². The van der Waals surface area contributed by atoms with Crippen molar-refractivity contribution in [3.05, 3.63) is 126 Å². The number of aromatic nitrogens is 1. The Hall–Kier alpha value is -4.41. The minimum absolute atomic E-state index is 0.0294. The van der Waals surface area contributed by atoms with Crippen LogP contribution < -0.4 is 9.64 Å². The van der Waals surface area contributed by atoms with E-state index in [1.165, 1.54) is 0 Å². The lowest BCUT2D eigenvalue weighted by molar-refractivity contribution is -0.121. The van der Waals surface area contributed by atoms with Crippen LogP contribution in [0.25, 0.3) is 33.6 Å². The molecule has 1 aromatic heterocycles. The summed E-state index contributed by atoms with van der Waals surface area (Å²) in [4.78, 5) is 19.7. The van der Waals surface area contributed by atoms with Crippen molar-refractivity contribution in [2.75, 3.05) is 11.5 Å². The number of pyridine rings is 1. The van der Waals surface area contributed by atoms with Gasteiger partial charge in [-0.2, -0.15) is 0 Å². The first-order chi connectivity index (χ1) is 18.1. The molecule has 1 aliphatic heterocycles. The third-order valence-electron chi connectivity index (χ3n) is 6.45. The molecule has 1 amide bonds. The average molecular weight is 503 g/mol. The van der Waals surface area contributed by atoms with Crippen LogP contribution in [-0.2, 0) is 11.3 Å². The number of hydrogen-bond acceptors (Lipinski definition) is 3. The van der Waals surface area contributed by atoms with Gasteiger partial charge in [0.2, 0.25) is 0 Å². The van der Waals surface area contributed by atoms with Gasteiger partial charge in [0.1, 0.15) is 5.75 Å². The van der Waals surface area contributed by atoms with Crippen molar-refractivity contribution < 1.29 is 9.53 Å². The number of rotatable bonds is 5. The normalized spacial score (nSPS) is 12.7. The molecule has 180 valence electrons. The topological polar surface area (TPSA) is 42.4 Å². The van der Waals surface area contributed by atoms with Gasteiger partial charge in [-0.15, -0.1) is 0 Å². The molecule has 4 nitrogen and oxygen atoms in total. The maximum absolute atomic E-state index is 12.9. The average Bonchev–Trinajstić information content (AvgIpc) is 2.95. The number of benzene rings is 4. The van der Waals surface area contributed by atoms with E-state index >= 15 is 0 Å². The number of fused-ring (bicyclic) bond motifs is 1. The summed E-state index contributed by atoms with van der Waals surface area (Å²) in [6.07, 6.45) is 0. The van der Waals surface area contributed by atoms with E-state index < -0.39 is 0 Å². The minimum Gasteiger partial charge on any atom is -0.482 e. The van der Waals surface area contributed by atoms with Crippen molar-refractivity contribution in [2.24, 2.45) is 0 Å². The highest BCUT2D eigenvalue weighted by molar-refractivity contribution is 6.30. The number of carbonyl (C=O) groups excluding carboxylic acids is 1. The quantitative estimate of drug-likeness (QED) is 0.248. The third kappa shape index (κ3) is 4.84. The van der Waals surface area contributed by atoms with Gasteiger partial charge in [0, 0.05) is 16.1 Å². The summed E-state index contributed by atoms with van der Waals surface area (Å²) in [7, 11) is 0. The van der Waals surface area contributed by atoms with Crippen LogP contribution in [0.15, 0.2) is 115 Å². The second-order valence-electron chi connectivity index (χ2n) is 8.94. The summed E-state index contributed by atoms with van der Waals surface area (Å²) >= 11 is 6.14. The van der Waals surface area contributed by atoms with E-state index in [4.69, 9.17) is 21.3 Å². The molecule has 0 N–H and O–H groups in total. The molecule has 0 spiro atoms. The second kappa shape index (κ2) is 9.92. The summed E-state index contributed by atoms with van der Waals surface area (Å²) in [6.45, 7) is 0.509. The Morgan fingerprint density at radius 2 is 1.35 bits per heavy atom. The Morgan fingerprint density at radius 1 is 0.703 bits per heavy atom. The second-order valence-corrected chi connectivity index (χ2v) is 9.37. The van der Waals surface area contributed by atoms with Gasteiger partial charge in [-0.25, -0.2) is 4.98 Å². The lowest BCUT2D eigenvalue weighted by Crippen LogP contribution is -2.38. The van der Waals surface area contributed by atoms with E-state index in [0.29, 0.717) is 17.3 Å². The minimum atomic E-state index is -0.0682. The molecule has 37 heavy (non-hydrogen) atoms. The van der Waals surface area contributed by atoms with Crippen LogP contribution in [0.3, 0.4) is 0 Å². The molecule has 4 aromatic carbocycles. The number of halogens is 1. The Labute approximate surface area is 220 Å². The fraction of sp³-hybridized carbons (Fsp3) is 0.0625. The first-order valence-corrected chi connectivity index (χ1v) is 12.5. The predicted molar refractivity (Wildman–Crippen MR) is 149 cm³/mol. The molecule has 0 bridgehead atoms. The molecule has 0 unspecified atom stereocenters. The number of ether oxygens (including phenoxy) is 1. The molecule has 0 saturated carbocycles. The fourth-order valence-electron chi connectivity index (χ4n) is 4.55. The van der Waals surface area contributed by atoms with Gasteiger partial charge in [0.15, 0.2) is 6.61 Å². The van der Waals surface area contributed by atoms with Crippen molar-refractivity contribution in [3.8, 4) is 39.4 Å². The molecule has 5 heteroatoms. The van der Waals surface area contributed by atoms with Gasteiger partial charge >= 0.3 is 0 Å². The van der Waals surface area contributed by atoms with E-state index in [-0.39, 0.29) is 12.5 Å². The zero-order valence-corrected chi connectivity index (χ0v) is 20.7. The number of carbonyl (C=O) groups is 1. The lowest BCUT2D eigenvalue weighted by Gasteiger charge is -2.30. The van der Waals surface area contributed by atoms with Crippen LogP contribution in [0.5, 0.6) is 5.75 Å². The molecule has 1 aliphatic rings. The van der Waals surface area contributed by atoms with Gasteiger partial charge in [-0.3, -0.25) is 4.79 Å². The highest BCUT2D eigenvalue weighted by Gasteiger charge is 2.26. The van der Waals surface area contributed by atoms with Gasteiger partial charge in [-0.05, 0) is 59.2 Å². The summed E-state index contributed by atoms with van der Waals surface area (Å²) in [5.41, 5.74) is 7.51. The van der Waals surface area contributed by atoms with Gasteiger partial charge in [0.25, 0.3) is 5.91 Å².